The Morgan fingerprint density at radius 2 is 1.64 bits per heavy atom. The minimum atomic E-state index is -0.960. The molecule has 0 aromatic heterocycles. The van der Waals surface area contributed by atoms with Gasteiger partial charge in [-0.1, -0.05) is 35.9 Å². The van der Waals surface area contributed by atoms with E-state index in [4.69, 9.17) is 16.7 Å². The topological polar surface area (TPSA) is 69.6 Å². The van der Waals surface area contributed by atoms with Crippen LogP contribution in [0.15, 0.2) is 48.5 Å². The van der Waals surface area contributed by atoms with E-state index in [9.17, 15) is 9.59 Å². The van der Waals surface area contributed by atoms with E-state index in [0.717, 1.165) is 24.0 Å². The Hall–Kier alpha value is -2.53. The first kappa shape index (κ1) is 17.3. The molecule has 1 aliphatic rings. The molecule has 6 heteroatoms. The average Bonchev–Trinajstić information content (AvgIpc) is 3.44. The largest absolute Gasteiger partial charge is 0.478 e. The summed E-state index contributed by atoms with van der Waals surface area (Å²) in [6.45, 7) is 0.911. The van der Waals surface area contributed by atoms with Crippen LogP contribution in [0.2, 0.25) is 5.02 Å². The molecule has 1 aliphatic carbocycles. The highest BCUT2D eigenvalue weighted by Crippen LogP contribution is 2.28. The standard InChI is InChI=1S/C19H19ClN2O3/c20-16-7-3-14(4-8-16)12-22(17-9-10-17)19(25)21-11-13-1-5-15(6-2-13)18(23)24/h1-8,17H,9-12H2,(H,21,25)(H,23,24). The molecule has 0 radical (unpaired) electrons. The third-order valence-electron chi connectivity index (χ3n) is 4.16. The molecular formula is C19H19ClN2O3. The van der Waals surface area contributed by atoms with Gasteiger partial charge in [0.05, 0.1) is 5.56 Å². The first-order chi connectivity index (χ1) is 12.0. The number of nitrogens with one attached hydrogen (secondary N) is 1. The van der Waals surface area contributed by atoms with Crippen molar-refractivity contribution in [1.29, 1.82) is 0 Å². The Bertz CT molecular complexity index is 755. The van der Waals surface area contributed by atoms with Gasteiger partial charge in [0.1, 0.15) is 0 Å². The Balaban J connectivity index is 1.59. The summed E-state index contributed by atoms with van der Waals surface area (Å²) < 4.78 is 0. The second kappa shape index (κ2) is 7.57. The minimum absolute atomic E-state index is 0.111. The molecule has 0 saturated heterocycles. The summed E-state index contributed by atoms with van der Waals surface area (Å²) in [5.74, 6) is -0.960. The van der Waals surface area contributed by atoms with Gasteiger partial charge in [-0.15, -0.1) is 0 Å². The van der Waals surface area contributed by atoms with Gasteiger partial charge in [0, 0.05) is 24.2 Å². The molecule has 25 heavy (non-hydrogen) atoms. The van der Waals surface area contributed by atoms with Gasteiger partial charge in [-0.3, -0.25) is 0 Å². The molecule has 130 valence electrons. The first-order valence-corrected chi connectivity index (χ1v) is 8.52. The lowest BCUT2D eigenvalue weighted by molar-refractivity contribution is 0.0697. The molecule has 0 bridgehead atoms. The molecule has 0 aliphatic heterocycles. The summed E-state index contributed by atoms with van der Waals surface area (Å²) in [6.07, 6.45) is 2.04. The van der Waals surface area contributed by atoms with E-state index in [1.165, 1.54) is 12.1 Å². The molecule has 0 unspecified atom stereocenters. The number of benzene rings is 2. The van der Waals surface area contributed by atoms with Crippen LogP contribution in [0, 0.1) is 0 Å². The molecule has 3 rings (SSSR count). The van der Waals surface area contributed by atoms with Crippen LogP contribution >= 0.6 is 11.6 Å². The van der Waals surface area contributed by atoms with E-state index in [1.807, 2.05) is 29.2 Å². The number of hydrogen-bond donors (Lipinski definition) is 2. The average molecular weight is 359 g/mol. The lowest BCUT2D eigenvalue weighted by Gasteiger charge is -2.23. The van der Waals surface area contributed by atoms with E-state index >= 15 is 0 Å². The molecule has 2 aromatic carbocycles. The highest BCUT2D eigenvalue weighted by Gasteiger charge is 2.32. The third-order valence-corrected chi connectivity index (χ3v) is 4.41. The van der Waals surface area contributed by atoms with Gasteiger partial charge in [-0.05, 0) is 48.2 Å². The summed E-state index contributed by atoms with van der Waals surface area (Å²) in [6, 6.07) is 14.2. The van der Waals surface area contributed by atoms with Crippen LogP contribution in [0.3, 0.4) is 0 Å². The molecule has 2 amide bonds. The van der Waals surface area contributed by atoms with Crippen molar-refractivity contribution in [3.05, 3.63) is 70.2 Å². The van der Waals surface area contributed by atoms with E-state index in [2.05, 4.69) is 5.32 Å². The minimum Gasteiger partial charge on any atom is -0.478 e. The fourth-order valence-electron chi connectivity index (χ4n) is 2.58. The number of hydrogen-bond acceptors (Lipinski definition) is 2. The summed E-state index contributed by atoms with van der Waals surface area (Å²) >= 11 is 5.90. The van der Waals surface area contributed by atoms with Gasteiger partial charge < -0.3 is 15.3 Å². The fourth-order valence-corrected chi connectivity index (χ4v) is 2.71. The highest BCUT2D eigenvalue weighted by molar-refractivity contribution is 6.30. The molecule has 2 N–H and O–H groups in total. The molecule has 1 fully saturated rings. The number of carboxylic acids is 1. The predicted molar refractivity (Wildman–Crippen MR) is 95.7 cm³/mol. The number of rotatable bonds is 6. The number of nitrogens with zero attached hydrogens (tertiary/aromatic N) is 1. The van der Waals surface area contributed by atoms with Gasteiger partial charge in [-0.2, -0.15) is 0 Å². The molecule has 1 saturated carbocycles. The zero-order chi connectivity index (χ0) is 17.8. The Morgan fingerprint density at radius 1 is 1.04 bits per heavy atom. The lowest BCUT2D eigenvalue weighted by Crippen LogP contribution is -2.40. The molecule has 0 spiro atoms. The maximum Gasteiger partial charge on any atom is 0.335 e. The number of carbonyl (C=O) groups is 2. The zero-order valence-corrected chi connectivity index (χ0v) is 14.4. The van der Waals surface area contributed by atoms with E-state index in [0.29, 0.717) is 18.1 Å². The van der Waals surface area contributed by atoms with Crippen LogP contribution in [0.5, 0.6) is 0 Å². The van der Waals surface area contributed by atoms with Crippen LogP contribution in [-0.2, 0) is 13.1 Å². The Morgan fingerprint density at radius 3 is 2.20 bits per heavy atom. The maximum atomic E-state index is 12.5. The number of aromatic carboxylic acids is 1. The van der Waals surface area contributed by atoms with Crippen molar-refractivity contribution in [3.63, 3.8) is 0 Å². The second-order valence-corrected chi connectivity index (χ2v) is 6.58. The van der Waals surface area contributed by atoms with Crippen molar-refractivity contribution in [3.8, 4) is 0 Å². The second-order valence-electron chi connectivity index (χ2n) is 6.15. The van der Waals surface area contributed by atoms with Crippen molar-refractivity contribution < 1.29 is 14.7 Å². The van der Waals surface area contributed by atoms with Crippen molar-refractivity contribution >= 4 is 23.6 Å². The van der Waals surface area contributed by atoms with Crippen molar-refractivity contribution in [1.82, 2.24) is 10.2 Å². The van der Waals surface area contributed by atoms with E-state index in [1.54, 1.807) is 12.1 Å². The third kappa shape index (κ3) is 4.73. The maximum absolute atomic E-state index is 12.5. The summed E-state index contributed by atoms with van der Waals surface area (Å²) in [4.78, 5) is 25.2. The van der Waals surface area contributed by atoms with Crippen molar-refractivity contribution in [2.45, 2.75) is 32.0 Å². The molecule has 0 atom stereocenters. The quantitative estimate of drug-likeness (QED) is 0.822. The fraction of sp³-hybridized carbons (Fsp3) is 0.263. The molecule has 5 nitrogen and oxygen atoms in total. The van der Waals surface area contributed by atoms with Crippen LogP contribution in [0.25, 0.3) is 0 Å². The van der Waals surface area contributed by atoms with Gasteiger partial charge in [-0.25, -0.2) is 9.59 Å². The predicted octanol–water partition coefficient (Wildman–Crippen LogP) is 3.91. The van der Waals surface area contributed by atoms with Crippen LogP contribution < -0.4 is 5.32 Å². The van der Waals surface area contributed by atoms with Gasteiger partial charge in [0.2, 0.25) is 0 Å². The van der Waals surface area contributed by atoms with Crippen LogP contribution in [-0.4, -0.2) is 28.0 Å². The monoisotopic (exact) mass is 358 g/mol. The van der Waals surface area contributed by atoms with Crippen LogP contribution in [0.4, 0.5) is 4.79 Å². The first-order valence-electron chi connectivity index (χ1n) is 8.14. The molecular weight excluding hydrogens is 340 g/mol. The number of carbonyl (C=O) groups excluding carboxylic acids is 1. The Kier molecular flexibility index (Phi) is 5.24. The lowest BCUT2D eigenvalue weighted by atomic mass is 10.1. The summed E-state index contributed by atoms with van der Waals surface area (Å²) in [5.41, 5.74) is 2.13. The summed E-state index contributed by atoms with van der Waals surface area (Å²) in [5, 5.41) is 12.5. The normalized spacial score (nSPS) is 13.3. The van der Waals surface area contributed by atoms with Gasteiger partial charge in [0.25, 0.3) is 0 Å². The summed E-state index contributed by atoms with van der Waals surface area (Å²) in [7, 11) is 0. The molecule has 0 heterocycles. The van der Waals surface area contributed by atoms with Gasteiger partial charge in [0.15, 0.2) is 0 Å². The van der Waals surface area contributed by atoms with E-state index < -0.39 is 5.97 Å². The van der Waals surface area contributed by atoms with E-state index in [-0.39, 0.29) is 17.6 Å². The number of amides is 2. The highest BCUT2D eigenvalue weighted by atomic mass is 35.5. The SMILES string of the molecule is O=C(O)c1ccc(CNC(=O)N(Cc2ccc(Cl)cc2)C2CC2)cc1. The molecule has 2 aromatic rings. The smallest absolute Gasteiger partial charge is 0.335 e. The van der Waals surface area contributed by atoms with Crippen molar-refractivity contribution in [2.24, 2.45) is 0 Å². The number of halogens is 1. The zero-order valence-electron chi connectivity index (χ0n) is 13.6. The number of urea groups is 1. The van der Waals surface area contributed by atoms with Gasteiger partial charge >= 0.3 is 12.0 Å². The Labute approximate surface area is 151 Å². The number of carboxylic acid groups (broad SMARTS) is 1. The van der Waals surface area contributed by atoms with Crippen molar-refractivity contribution in [2.75, 3.05) is 0 Å². The van der Waals surface area contributed by atoms with Crippen LogP contribution in [0.1, 0.15) is 34.3 Å².